The average Bonchev–Trinajstić information content (AvgIpc) is 2.69. The Morgan fingerprint density at radius 2 is 1.86 bits per heavy atom. The Balaban J connectivity index is 1.45. The van der Waals surface area contributed by atoms with Crippen LogP contribution >= 0.6 is 0 Å². The first-order valence-corrected chi connectivity index (χ1v) is 9.03. The van der Waals surface area contributed by atoms with Gasteiger partial charge in [0, 0.05) is 24.7 Å². The highest BCUT2D eigenvalue weighted by molar-refractivity contribution is 5.01. The van der Waals surface area contributed by atoms with Gasteiger partial charge < -0.3 is 9.64 Å². The first-order chi connectivity index (χ1) is 10.2. The van der Waals surface area contributed by atoms with Crippen molar-refractivity contribution in [1.29, 1.82) is 0 Å². The van der Waals surface area contributed by atoms with Crippen LogP contribution in [0.1, 0.15) is 57.8 Å². The van der Waals surface area contributed by atoms with Crippen LogP contribution in [0.15, 0.2) is 0 Å². The number of nitrogens with two attached hydrogens (primary N) is 1. The number of nitrogens with one attached hydrogen (secondary N) is 1. The summed E-state index contributed by atoms with van der Waals surface area (Å²) in [6.07, 6.45) is 11.8. The molecule has 1 aliphatic carbocycles. The van der Waals surface area contributed by atoms with Crippen molar-refractivity contribution in [1.82, 2.24) is 10.3 Å². The summed E-state index contributed by atoms with van der Waals surface area (Å²) in [5, 5.41) is 0. The van der Waals surface area contributed by atoms with Crippen LogP contribution in [0.3, 0.4) is 0 Å². The third-order valence-electron chi connectivity index (χ3n) is 7.14. The van der Waals surface area contributed by atoms with E-state index in [2.05, 4.69) is 17.4 Å². The Hall–Kier alpha value is -0.160. The molecule has 3 heterocycles. The van der Waals surface area contributed by atoms with E-state index < -0.39 is 0 Å². The van der Waals surface area contributed by atoms with Crippen LogP contribution in [0.2, 0.25) is 0 Å². The largest absolute Gasteiger partial charge is 0.375 e. The van der Waals surface area contributed by atoms with Crippen molar-refractivity contribution >= 4 is 0 Å². The average molecular weight is 293 g/mol. The highest BCUT2D eigenvalue weighted by atomic mass is 16.5. The van der Waals surface area contributed by atoms with Gasteiger partial charge in [0.25, 0.3) is 0 Å². The van der Waals surface area contributed by atoms with Gasteiger partial charge in [-0.3, -0.25) is 11.3 Å². The molecule has 4 rings (SSSR count). The standard InChI is InChI=1S/C17H31N3O/c1-20-14-3-4-15(20)10-13(9-14)16(19-18)12-5-8-21-17(11-12)6-2-7-17/h12-16,19H,2-11,18H2,1H3. The van der Waals surface area contributed by atoms with Gasteiger partial charge in [-0.2, -0.15) is 0 Å². The molecule has 3 saturated heterocycles. The van der Waals surface area contributed by atoms with Gasteiger partial charge in [0.2, 0.25) is 0 Å². The molecule has 1 spiro atoms. The fraction of sp³-hybridized carbons (Fsp3) is 1.00. The van der Waals surface area contributed by atoms with E-state index in [1.54, 1.807) is 0 Å². The zero-order valence-corrected chi connectivity index (χ0v) is 13.4. The van der Waals surface area contributed by atoms with Gasteiger partial charge in [-0.05, 0) is 76.7 Å². The van der Waals surface area contributed by atoms with Crippen LogP contribution in [0.25, 0.3) is 0 Å². The number of piperidine rings is 1. The van der Waals surface area contributed by atoms with Gasteiger partial charge >= 0.3 is 0 Å². The molecule has 3 aliphatic heterocycles. The summed E-state index contributed by atoms with van der Waals surface area (Å²) >= 11 is 0. The van der Waals surface area contributed by atoms with Gasteiger partial charge in [-0.15, -0.1) is 0 Å². The molecule has 4 aliphatic rings. The molecule has 1 saturated carbocycles. The normalized spacial score (nSPS) is 43.7. The second-order valence-electron chi connectivity index (χ2n) is 8.11. The number of nitrogens with zero attached hydrogens (tertiary/aromatic N) is 1. The highest BCUT2D eigenvalue weighted by Crippen LogP contribution is 2.47. The van der Waals surface area contributed by atoms with Gasteiger partial charge in [0.05, 0.1) is 5.60 Å². The summed E-state index contributed by atoms with van der Waals surface area (Å²) in [5.74, 6) is 7.51. The van der Waals surface area contributed by atoms with E-state index in [9.17, 15) is 0 Å². The van der Waals surface area contributed by atoms with Crippen molar-refractivity contribution in [3.05, 3.63) is 0 Å². The zero-order valence-electron chi connectivity index (χ0n) is 13.4. The molecule has 0 aromatic carbocycles. The van der Waals surface area contributed by atoms with Crippen LogP contribution in [-0.2, 0) is 4.74 Å². The summed E-state index contributed by atoms with van der Waals surface area (Å²) in [4.78, 5) is 2.63. The lowest BCUT2D eigenvalue weighted by Crippen LogP contribution is -2.56. The SMILES string of the molecule is CN1C2CCC1CC(C(NN)C1CCOC3(CCC3)C1)C2. The molecular weight excluding hydrogens is 262 g/mol. The molecule has 0 amide bonds. The maximum Gasteiger partial charge on any atom is 0.0685 e. The lowest BCUT2D eigenvalue weighted by molar-refractivity contribution is -0.150. The number of hydrogen-bond acceptors (Lipinski definition) is 4. The fourth-order valence-corrected chi connectivity index (χ4v) is 5.70. The predicted octanol–water partition coefficient (Wildman–Crippen LogP) is 2.04. The van der Waals surface area contributed by atoms with Crippen molar-refractivity contribution in [3.63, 3.8) is 0 Å². The van der Waals surface area contributed by atoms with E-state index in [-0.39, 0.29) is 5.60 Å². The first-order valence-electron chi connectivity index (χ1n) is 9.03. The number of fused-ring (bicyclic) bond motifs is 2. The second-order valence-corrected chi connectivity index (χ2v) is 8.11. The van der Waals surface area contributed by atoms with Crippen LogP contribution in [0, 0.1) is 11.8 Å². The molecular formula is C17H31N3O. The molecule has 4 unspecified atom stereocenters. The minimum Gasteiger partial charge on any atom is -0.375 e. The van der Waals surface area contributed by atoms with Crippen molar-refractivity contribution in [3.8, 4) is 0 Å². The van der Waals surface area contributed by atoms with E-state index in [1.165, 1.54) is 57.8 Å². The third-order valence-corrected chi connectivity index (χ3v) is 7.14. The Morgan fingerprint density at radius 3 is 2.43 bits per heavy atom. The maximum atomic E-state index is 6.11. The fourth-order valence-electron chi connectivity index (χ4n) is 5.70. The Kier molecular flexibility index (Phi) is 3.77. The summed E-state index contributed by atoms with van der Waals surface area (Å²) in [7, 11) is 2.32. The molecule has 4 nitrogen and oxygen atoms in total. The van der Waals surface area contributed by atoms with Crippen LogP contribution in [0.5, 0.6) is 0 Å². The van der Waals surface area contributed by atoms with Crippen LogP contribution < -0.4 is 11.3 Å². The highest BCUT2D eigenvalue weighted by Gasteiger charge is 2.47. The van der Waals surface area contributed by atoms with Gasteiger partial charge in [-0.25, -0.2) is 0 Å². The van der Waals surface area contributed by atoms with E-state index in [1.807, 2.05) is 0 Å². The quantitative estimate of drug-likeness (QED) is 0.617. The van der Waals surface area contributed by atoms with Crippen molar-refractivity contribution < 1.29 is 4.74 Å². The molecule has 0 aromatic heterocycles. The van der Waals surface area contributed by atoms with Crippen LogP contribution in [-0.4, -0.2) is 42.3 Å². The van der Waals surface area contributed by atoms with Crippen molar-refractivity contribution in [2.45, 2.75) is 81.5 Å². The lowest BCUT2D eigenvalue weighted by Gasteiger charge is -2.50. The van der Waals surface area contributed by atoms with Gasteiger partial charge in [0.1, 0.15) is 0 Å². The van der Waals surface area contributed by atoms with Crippen molar-refractivity contribution in [2.75, 3.05) is 13.7 Å². The Morgan fingerprint density at radius 1 is 1.14 bits per heavy atom. The summed E-state index contributed by atoms with van der Waals surface area (Å²) in [6.45, 7) is 0.947. The molecule has 0 aromatic rings. The van der Waals surface area contributed by atoms with Crippen molar-refractivity contribution in [2.24, 2.45) is 17.7 Å². The molecule has 0 radical (unpaired) electrons. The summed E-state index contributed by atoms with van der Waals surface area (Å²) in [6, 6.07) is 2.12. The number of rotatable bonds is 3. The number of hydrazine groups is 1. The Bertz CT molecular complexity index is 368. The van der Waals surface area contributed by atoms with E-state index >= 15 is 0 Å². The van der Waals surface area contributed by atoms with E-state index in [0.29, 0.717) is 6.04 Å². The Labute approximate surface area is 128 Å². The predicted molar refractivity (Wildman–Crippen MR) is 83.7 cm³/mol. The minimum absolute atomic E-state index is 0.239. The minimum atomic E-state index is 0.239. The smallest absolute Gasteiger partial charge is 0.0685 e. The summed E-state index contributed by atoms with van der Waals surface area (Å²) in [5.41, 5.74) is 3.48. The van der Waals surface area contributed by atoms with E-state index in [4.69, 9.17) is 10.6 Å². The molecule has 2 bridgehead atoms. The zero-order chi connectivity index (χ0) is 14.4. The topological polar surface area (TPSA) is 50.5 Å². The van der Waals surface area contributed by atoms with Gasteiger partial charge in [0.15, 0.2) is 0 Å². The van der Waals surface area contributed by atoms with Gasteiger partial charge in [-0.1, -0.05) is 0 Å². The summed E-state index contributed by atoms with van der Waals surface area (Å²) < 4.78 is 6.11. The van der Waals surface area contributed by atoms with Crippen LogP contribution in [0.4, 0.5) is 0 Å². The second kappa shape index (κ2) is 5.48. The number of ether oxygens (including phenoxy) is 1. The first kappa shape index (κ1) is 14.4. The third kappa shape index (κ3) is 2.44. The lowest BCUT2D eigenvalue weighted by atomic mass is 9.67. The van der Waals surface area contributed by atoms with E-state index in [0.717, 1.165) is 30.5 Å². The monoisotopic (exact) mass is 293 g/mol. The molecule has 120 valence electrons. The molecule has 21 heavy (non-hydrogen) atoms. The maximum absolute atomic E-state index is 6.11. The molecule has 4 fully saturated rings. The molecule has 4 heteroatoms. The molecule has 4 atom stereocenters. The number of hydrogen-bond donors (Lipinski definition) is 2. The molecule has 3 N–H and O–H groups in total.